The molecule has 1 aromatic rings. The van der Waals surface area contributed by atoms with Crippen LogP contribution in [-0.4, -0.2) is 36.5 Å². The highest BCUT2D eigenvalue weighted by Gasteiger charge is 2.28. The molecule has 0 aliphatic carbocycles. The highest BCUT2D eigenvalue weighted by Crippen LogP contribution is 2.23. The third-order valence-corrected chi connectivity index (χ3v) is 3.83. The first-order valence-corrected chi connectivity index (χ1v) is 7.25. The van der Waals surface area contributed by atoms with E-state index in [-0.39, 0.29) is 23.6 Å². The fourth-order valence-corrected chi connectivity index (χ4v) is 2.57. The van der Waals surface area contributed by atoms with Crippen molar-refractivity contribution in [1.82, 2.24) is 4.90 Å². The number of halogens is 1. The fraction of sp³-hybridized carbons (Fsp3) is 0.500. The van der Waals surface area contributed by atoms with Crippen molar-refractivity contribution >= 4 is 11.9 Å². The minimum absolute atomic E-state index is 0.0293. The molecule has 2 rings (SSSR count). The van der Waals surface area contributed by atoms with Crippen LogP contribution in [0.15, 0.2) is 18.2 Å². The highest BCUT2D eigenvalue weighted by atomic mass is 19.1. The van der Waals surface area contributed by atoms with Crippen LogP contribution in [0.5, 0.6) is 0 Å². The maximum absolute atomic E-state index is 13.2. The normalized spacial score (nSPS) is 15.9. The lowest BCUT2D eigenvalue weighted by Gasteiger charge is -2.30. The zero-order valence-corrected chi connectivity index (χ0v) is 12.4. The summed E-state index contributed by atoms with van der Waals surface area (Å²) in [6.45, 7) is 4.82. The minimum Gasteiger partial charge on any atom is -0.450 e. The Morgan fingerprint density at radius 1 is 1.33 bits per heavy atom. The second-order valence-electron chi connectivity index (χ2n) is 5.29. The van der Waals surface area contributed by atoms with E-state index in [1.54, 1.807) is 24.8 Å². The van der Waals surface area contributed by atoms with Crippen LogP contribution < -0.4 is 0 Å². The molecular formula is C16H20FNO3. The van der Waals surface area contributed by atoms with Gasteiger partial charge < -0.3 is 9.64 Å². The number of benzene rings is 1. The van der Waals surface area contributed by atoms with Crippen LogP contribution >= 0.6 is 0 Å². The number of Topliss-reactive ketones (excluding diaryl/α,β-unsaturated/α-hetero) is 1. The predicted molar refractivity (Wildman–Crippen MR) is 76.8 cm³/mol. The molecule has 0 unspecified atom stereocenters. The number of likely N-dealkylation sites (tertiary alicyclic amines) is 1. The summed E-state index contributed by atoms with van der Waals surface area (Å²) in [5.74, 6) is -0.383. The first kappa shape index (κ1) is 15.5. The van der Waals surface area contributed by atoms with Crippen LogP contribution in [0.3, 0.4) is 0 Å². The van der Waals surface area contributed by atoms with Gasteiger partial charge in [-0.1, -0.05) is 0 Å². The molecule has 0 spiro atoms. The largest absolute Gasteiger partial charge is 0.450 e. The summed E-state index contributed by atoms with van der Waals surface area (Å²) < 4.78 is 18.2. The molecule has 1 aromatic carbocycles. The van der Waals surface area contributed by atoms with Gasteiger partial charge in [0.25, 0.3) is 0 Å². The van der Waals surface area contributed by atoms with Gasteiger partial charge in [-0.2, -0.15) is 0 Å². The van der Waals surface area contributed by atoms with Crippen LogP contribution in [0.25, 0.3) is 0 Å². The molecule has 1 saturated heterocycles. The standard InChI is InChI=1S/C16H20FNO3/c1-3-21-16(20)18-8-6-12(7-9-18)15(19)13-4-5-14(17)11(2)10-13/h4-5,10,12H,3,6-9H2,1-2H3. The Morgan fingerprint density at radius 2 is 2.00 bits per heavy atom. The first-order chi connectivity index (χ1) is 10.0. The van der Waals surface area contributed by atoms with Gasteiger partial charge in [-0.05, 0) is 50.5 Å². The van der Waals surface area contributed by atoms with Gasteiger partial charge in [-0.15, -0.1) is 0 Å². The van der Waals surface area contributed by atoms with E-state index < -0.39 is 0 Å². The Morgan fingerprint density at radius 3 is 2.57 bits per heavy atom. The van der Waals surface area contributed by atoms with E-state index in [1.165, 1.54) is 12.1 Å². The zero-order chi connectivity index (χ0) is 15.4. The SMILES string of the molecule is CCOC(=O)N1CCC(C(=O)c2ccc(F)c(C)c2)CC1. The number of nitrogens with zero attached hydrogens (tertiary/aromatic N) is 1. The number of aryl methyl sites for hydroxylation is 1. The molecule has 1 amide bonds. The summed E-state index contributed by atoms with van der Waals surface area (Å²) >= 11 is 0. The maximum Gasteiger partial charge on any atom is 0.409 e. The number of rotatable bonds is 3. The Kier molecular flexibility index (Phi) is 4.94. The highest BCUT2D eigenvalue weighted by molar-refractivity contribution is 5.98. The molecule has 114 valence electrons. The summed E-state index contributed by atoms with van der Waals surface area (Å²) in [5.41, 5.74) is 1.02. The number of carbonyl (C=O) groups excluding carboxylic acids is 2. The number of carbonyl (C=O) groups is 2. The molecule has 4 nitrogen and oxygen atoms in total. The molecule has 21 heavy (non-hydrogen) atoms. The number of hydrogen-bond donors (Lipinski definition) is 0. The summed E-state index contributed by atoms with van der Waals surface area (Å²) in [4.78, 5) is 25.6. The van der Waals surface area contributed by atoms with Crippen molar-refractivity contribution < 1.29 is 18.7 Å². The van der Waals surface area contributed by atoms with Gasteiger partial charge in [0.2, 0.25) is 0 Å². The van der Waals surface area contributed by atoms with Crippen molar-refractivity contribution in [2.24, 2.45) is 5.92 Å². The Hall–Kier alpha value is -1.91. The quantitative estimate of drug-likeness (QED) is 0.804. The van der Waals surface area contributed by atoms with Crippen molar-refractivity contribution in [3.8, 4) is 0 Å². The third-order valence-electron chi connectivity index (χ3n) is 3.83. The molecule has 0 N–H and O–H groups in total. The van der Waals surface area contributed by atoms with Crippen LogP contribution in [0.4, 0.5) is 9.18 Å². The van der Waals surface area contributed by atoms with Crippen molar-refractivity contribution in [1.29, 1.82) is 0 Å². The van der Waals surface area contributed by atoms with Crippen LogP contribution in [0.1, 0.15) is 35.7 Å². The van der Waals surface area contributed by atoms with Crippen molar-refractivity contribution in [3.63, 3.8) is 0 Å². The van der Waals surface area contributed by atoms with Gasteiger partial charge in [0.05, 0.1) is 6.61 Å². The molecular weight excluding hydrogens is 273 g/mol. The van der Waals surface area contributed by atoms with E-state index in [4.69, 9.17) is 4.74 Å². The average Bonchev–Trinajstić information content (AvgIpc) is 2.50. The second kappa shape index (κ2) is 6.70. The second-order valence-corrected chi connectivity index (χ2v) is 5.29. The predicted octanol–water partition coefficient (Wildman–Crippen LogP) is 3.19. The molecule has 0 aromatic heterocycles. The maximum atomic E-state index is 13.2. The lowest BCUT2D eigenvalue weighted by atomic mass is 9.88. The summed E-state index contributed by atoms with van der Waals surface area (Å²) in [5, 5.41) is 0. The molecule has 1 aliphatic rings. The number of ether oxygens (including phenoxy) is 1. The van der Waals surface area contributed by atoms with E-state index >= 15 is 0 Å². The molecule has 1 fully saturated rings. The van der Waals surface area contributed by atoms with Gasteiger partial charge in [0.1, 0.15) is 5.82 Å². The van der Waals surface area contributed by atoms with E-state index in [2.05, 4.69) is 0 Å². The van der Waals surface area contributed by atoms with Crippen LogP contribution in [0, 0.1) is 18.7 Å². The van der Waals surface area contributed by atoms with E-state index in [9.17, 15) is 14.0 Å². The molecule has 0 saturated carbocycles. The third kappa shape index (κ3) is 3.60. The number of amides is 1. The van der Waals surface area contributed by atoms with E-state index in [0.29, 0.717) is 43.7 Å². The monoisotopic (exact) mass is 293 g/mol. The van der Waals surface area contributed by atoms with Gasteiger partial charge in [0.15, 0.2) is 5.78 Å². The summed E-state index contributed by atoms with van der Waals surface area (Å²) in [6.07, 6.45) is 0.920. The zero-order valence-electron chi connectivity index (χ0n) is 12.4. The molecule has 0 atom stereocenters. The van der Waals surface area contributed by atoms with Gasteiger partial charge in [-0.25, -0.2) is 9.18 Å². The van der Waals surface area contributed by atoms with Gasteiger partial charge >= 0.3 is 6.09 Å². The molecule has 1 heterocycles. The van der Waals surface area contributed by atoms with Crippen molar-refractivity contribution in [2.75, 3.05) is 19.7 Å². The molecule has 1 aliphatic heterocycles. The first-order valence-electron chi connectivity index (χ1n) is 7.25. The Labute approximate surface area is 123 Å². The Balaban J connectivity index is 1.97. The van der Waals surface area contributed by atoms with Crippen LogP contribution in [0.2, 0.25) is 0 Å². The molecule has 0 radical (unpaired) electrons. The number of ketones is 1. The van der Waals surface area contributed by atoms with Gasteiger partial charge in [0, 0.05) is 24.6 Å². The fourth-order valence-electron chi connectivity index (χ4n) is 2.57. The molecule has 0 bridgehead atoms. The number of piperidine rings is 1. The Bertz CT molecular complexity index is 536. The number of hydrogen-bond acceptors (Lipinski definition) is 3. The van der Waals surface area contributed by atoms with E-state index in [0.717, 1.165) is 0 Å². The lowest BCUT2D eigenvalue weighted by Crippen LogP contribution is -2.40. The van der Waals surface area contributed by atoms with Crippen LogP contribution in [-0.2, 0) is 4.74 Å². The minimum atomic E-state index is -0.318. The topological polar surface area (TPSA) is 46.6 Å². The lowest BCUT2D eigenvalue weighted by molar-refractivity contribution is 0.0753. The van der Waals surface area contributed by atoms with Crippen molar-refractivity contribution in [2.45, 2.75) is 26.7 Å². The van der Waals surface area contributed by atoms with Crippen molar-refractivity contribution in [3.05, 3.63) is 35.1 Å². The average molecular weight is 293 g/mol. The summed E-state index contributed by atoms with van der Waals surface area (Å²) in [6, 6.07) is 4.45. The molecule has 5 heteroatoms. The van der Waals surface area contributed by atoms with Gasteiger partial charge in [-0.3, -0.25) is 4.79 Å². The van der Waals surface area contributed by atoms with E-state index in [1.807, 2.05) is 0 Å². The smallest absolute Gasteiger partial charge is 0.409 e. The summed E-state index contributed by atoms with van der Waals surface area (Å²) in [7, 11) is 0.